The van der Waals surface area contributed by atoms with Gasteiger partial charge in [0.1, 0.15) is 0 Å². The zero-order valence-electron chi connectivity index (χ0n) is 26.4. The predicted molar refractivity (Wildman–Crippen MR) is 170 cm³/mol. The summed E-state index contributed by atoms with van der Waals surface area (Å²) in [7, 11) is 3.25. The van der Waals surface area contributed by atoms with E-state index < -0.39 is 5.97 Å². The molecule has 240 valence electrons. The van der Waals surface area contributed by atoms with Gasteiger partial charge >= 0.3 is 11.9 Å². The van der Waals surface area contributed by atoms with Crippen LogP contribution in [0.4, 0.5) is 5.69 Å². The van der Waals surface area contributed by atoms with E-state index in [0.29, 0.717) is 68.4 Å². The fraction of sp³-hybridized carbons (Fsp3) is 0.559. The number of esters is 1. The maximum absolute atomic E-state index is 13.7. The molecule has 0 spiro atoms. The summed E-state index contributed by atoms with van der Waals surface area (Å²) in [5.74, 6) is 0.224. The van der Waals surface area contributed by atoms with Crippen molar-refractivity contribution in [1.29, 1.82) is 0 Å². The molecule has 0 aliphatic carbocycles. The molecule has 1 fully saturated rings. The number of amides is 1. The van der Waals surface area contributed by atoms with Crippen LogP contribution in [0.5, 0.6) is 11.5 Å². The van der Waals surface area contributed by atoms with Crippen molar-refractivity contribution < 1.29 is 33.7 Å². The number of piperidine rings is 1. The van der Waals surface area contributed by atoms with E-state index in [4.69, 9.17) is 25.8 Å². The molecule has 9 nitrogen and oxygen atoms in total. The van der Waals surface area contributed by atoms with E-state index in [1.807, 2.05) is 41.3 Å². The third-order valence-electron chi connectivity index (χ3n) is 8.74. The number of nitrogens with zero attached hydrogens (tertiary/aromatic N) is 2. The van der Waals surface area contributed by atoms with Crippen molar-refractivity contribution in [2.75, 3.05) is 51.9 Å². The molecule has 0 radical (unpaired) electrons. The number of likely N-dealkylation sites (tertiary alicyclic amines) is 1. The van der Waals surface area contributed by atoms with Gasteiger partial charge in [-0.1, -0.05) is 37.6 Å². The number of fused-ring (bicyclic) bond motifs is 1. The second-order valence-electron chi connectivity index (χ2n) is 12.9. The topological polar surface area (TPSA) is 106 Å². The SMILES string of the molecule is COc1cccc([C@H]2C[C@H](CC(=O)N3CCC(CC(=O)O)CC3)CN(CC(C)(C)COC(C)=O)c3ccc(Cl)cc32)c1OC. The molecule has 2 atom stereocenters. The highest BCUT2D eigenvalue weighted by Crippen LogP contribution is 2.47. The number of benzene rings is 2. The van der Waals surface area contributed by atoms with Gasteiger partial charge in [0.05, 0.1) is 20.8 Å². The molecule has 10 heteroatoms. The molecule has 1 N–H and O–H groups in total. The lowest BCUT2D eigenvalue weighted by molar-refractivity contribution is -0.144. The van der Waals surface area contributed by atoms with Crippen LogP contribution in [0.2, 0.25) is 5.02 Å². The van der Waals surface area contributed by atoms with Crippen molar-refractivity contribution in [3.8, 4) is 11.5 Å². The Labute approximate surface area is 265 Å². The maximum Gasteiger partial charge on any atom is 0.303 e. The first-order valence-electron chi connectivity index (χ1n) is 15.3. The van der Waals surface area contributed by atoms with Gasteiger partial charge in [-0.05, 0) is 60.9 Å². The molecule has 0 saturated carbocycles. The Balaban J connectivity index is 1.70. The van der Waals surface area contributed by atoms with Gasteiger partial charge in [-0.15, -0.1) is 0 Å². The highest BCUT2D eigenvalue weighted by atomic mass is 35.5. The largest absolute Gasteiger partial charge is 0.493 e. The van der Waals surface area contributed by atoms with Gasteiger partial charge < -0.3 is 29.1 Å². The van der Waals surface area contributed by atoms with Crippen LogP contribution in [-0.4, -0.2) is 74.9 Å². The Morgan fingerprint density at radius 2 is 1.73 bits per heavy atom. The predicted octanol–water partition coefficient (Wildman–Crippen LogP) is 6.01. The number of rotatable bonds is 11. The molecule has 1 amide bonds. The van der Waals surface area contributed by atoms with Crippen LogP contribution in [0.25, 0.3) is 0 Å². The smallest absolute Gasteiger partial charge is 0.303 e. The van der Waals surface area contributed by atoms with Gasteiger partial charge in [-0.25, -0.2) is 0 Å². The normalized spacial score (nSPS) is 19.1. The Kier molecular flexibility index (Phi) is 11.1. The summed E-state index contributed by atoms with van der Waals surface area (Å²) >= 11 is 6.62. The van der Waals surface area contributed by atoms with Crippen LogP contribution >= 0.6 is 11.6 Å². The number of hydrogen-bond acceptors (Lipinski definition) is 7. The number of carboxylic acids is 1. The summed E-state index contributed by atoms with van der Waals surface area (Å²) in [4.78, 5) is 40.8. The first kappa shape index (κ1) is 33.4. The molecule has 2 aliphatic rings. The quantitative estimate of drug-likeness (QED) is 0.302. The molecule has 0 bridgehead atoms. The lowest BCUT2D eigenvalue weighted by atomic mass is 9.82. The van der Waals surface area contributed by atoms with Crippen LogP contribution in [-0.2, 0) is 19.1 Å². The Bertz CT molecular complexity index is 1340. The van der Waals surface area contributed by atoms with E-state index in [-0.39, 0.29) is 48.1 Å². The fourth-order valence-electron chi connectivity index (χ4n) is 6.68. The van der Waals surface area contributed by atoms with Gasteiger partial charge in [-0.2, -0.15) is 0 Å². The number of aliphatic carboxylic acids is 1. The highest BCUT2D eigenvalue weighted by Gasteiger charge is 2.36. The van der Waals surface area contributed by atoms with E-state index in [9.17, 15) is 19.5 Å². The molecule has 1 saturated heterocycles. The van der Waals surface area contributed by atoms with E-state index in [1.165, 1.54) is 6.92 Å². The van der Waals surface area contributed by atoms with Gasteiger partial charge in [0, 0.05) is 73.6 Å². The standard InChI is InChI=1S/C34H45ClN2O7/c1-22(38)44-21-34(2,3)20-37-19-24(16-31(39)36-13-11-23(12-14-36)17-32(40)41)15-27(28-18-25(35)9-10-29(28)37)26-7-6-8-30(42-4)33(26)43-5/h6-10,18,23-24,27H,11-17,19-21H2,1-5H3,(H,40,41)/t24-,27-/m1/s1. The van der Waals surface area contributed by atoms with Gasteiger partial charge in [0.2, 0.25) is 5.91 Å². The number of methoxy groups -OCH3 is 2. The molecular formula is C34H45ClN2O7. The zero-order chi connectivity index (χ0) is 32.0. The third-order valence-corrected chi connectivity index (χ3v) is 8.98. The Morgan fingerprint density at radius 1 is 1.00 bits per heavy atom. The van der Waals surface area contributed by atoms with Crippen LogP contribution in [0, 0.1) is 17.3 Å². The van der Waals surface area contributed by atoms with Crippen molar-refractivity contribution in [3.05, 3.63) is 52.5 Å². The second-order valence-corrected chi connectivity index (χ2v) is 13.3. The Hall–Kier alpha value is -3.46. The van der Waals surface area contributed by atoms with Crippen molar-refractivity contribution in [1.82, 2.24) is 4.90 Å². The zero-order valence-corrected chi connectivity index (χ0v) is 27.2. The third kappa shape index (κ3) is 8.37. The number of anilines is 1. The minimum Gasteiger partial charge on any atom is -0.493 e. The molecule has 2 heterocycles. The van der Waals surface area contributed by atoms with Crippen molar-refractivity contribution in [2.24, 2.45) is 17.3 Å². The maximum atomic E-state index is 13.7. The van der Waals surface area contributed by atoms with Crippen LogP contribution in [0.3, 0.4) is 0 Å². The van der Waals surface area contributed by atoms with Crippen LogP contribution < -0.4 is 14.4 Å². The fourth-order valence-corrected chi connectivity index (χ4v) is 6.87. The number of ether oxygens (including phenoxy) is 3. The monoisotopic (exact) mass is 628 g/mol. The molecular weight excluding hydrogens is 584 g/mol. The number of hydrogen-bond donors (Lipinski definition) is 1. The summed E-state index contributed by atoms with van der Waals surface area (Å²) in [5.41, 5.74) is 2.65. The number of carbonyl (C=O) groups excluding carboxylic acids is 2. The Morgan fingerprint density at radius 3 is 2.36 bits per heavy atom. The summed E-state index contributed by atoms with van der Waals surface area (Å²) in [6.45, 7) is 8.20. The second kappa shape index (κ2) is 14.5. The average Bonchev–Trinajstić information content (AvgIpc) is 3.11. The molecule has 4 rings (SSSR count). The van der Waals surface area contributed by atoms with E-state index in [0.717, 1.165) is 16.8 Å². The van der Waals surface area contributed by atoms with Gasteiger partial charge in [-0.3, -0.25) is 14.4 Å². The first-order valence-corrected chi connectivity index (χ1v) is 15.7. The summed E-state index contributed by atoms with van der Waals surface area (Å²) in [6, 6.07) is 11.8. The van der Waals surface area contributed by atoms with Crippen molar-refractivity contribution in [2.45, 2.75) is 58.8 Å². The van der Waals surface area contributed by atoms with Crippen LogP contribution in [0.1, 0.15) is 69.9 Å². The number of carboxylic acid groups (broad SMARTS) is 1. The summed E-state index contributed by atoms with van der Waals surface area (Å²) < 4.78 is 16.9. The molecule has 0 aromatic heterocycles. The van der Waals surface area contributed by atoms with Crippen molar-refractivity contribution in [3.63, 3.8) is 0 Å². The van der Waals surface area contributed by atoms with Crippen molar-refractivity contribution >= 4 is 35.1 Å². The lowest BCUT2D eigenvalue weighted by Crippen LogP contribution is -2.42. The average molecular weight is 629 g/mol. The van der Waals surface area contributed by atoms with Gasteiger partial charge in [0.25, 0.3) is 0 Å². The molecule has 44 heavy (non-hydrogen) atoms. The van der Waals surface area contributed by atoms with Crippen LogP contribution in [0.15, 0.2) is 36.4 Å². The van der Waals surface area contributed by atoms with Gasteiger partial charge in [0.15, 0.2) is 11.5 Å². The number of halogens is 1. The molecule has 2 aromatic carbocycles. The lowest BCUT2D eigenvalue weighted by Gasteiger charge is -2.36. The molecule has 2 aliphatic heterocycles. The first-order chi connectivity index (χ1) is 20.9. The number of para-hydroxylation sites is 1. The minimum absolute atomic E-state index is 0.0177. The number of carbonyl (C=O) groups is 3. The van der Waals surface area contributed by atoms with E-state index >= 15 is 0 Å². The van der Waals surface area contributed by atoms with E-state index in [1.54, 1.807) is 14.2 Å². The highest BCUT2D eigenvalue weighted by molar-refractivity contribution is 6.30. The summed E-state index contributed by atoms with van der Waals surface area (Å²) in [6.07, 6.45) is 2.58. The summed E-state index contributed by atoms with van der Waals surface area (Å²) in [5, 5.41) is 9.81. The van der Waals surface area contributed by atoms with E-state index in [2.05, 4.69) is 18.7 Å². The minimum atomic E-state index is -0.788. The molecule has 0 unspecified atom stereocenters. The molecule has 2 aromatic rings.